The molecule has 6 amide bonds. The third kappa shape index (κ3) is 17.9. The number of carboxylic acid groups (broad SMARTS) is 1. The summed E-state index contributed by atoms with van der Waals surface area (Å²) in [4.78, 5) is 109. The second kappa shape index (κ2) is 27.4. The van der Waals surface area contributed by atoms with Crippen molar-refractivity contribution in [3.8, 4) is 0 Å². The second-order valence-electron chi connectivity index (χ2n) is 17.7. The SMILES string of the molecule is CC[C@H](C)[C@H](NC(=O)CC(O)C(CC(C)C)NC(=O)[C@H](Cc1cnc[nH]1)NC(=O)[C@H](Cc1ccccc1)NC(=O)[C@@H]1CCCN1)C(=O)N[C@@H](Cc1cnc[nH]1)C(=O)N[C@@H](CCCCN)C(=O)O. The van der Waals surface area contributed by atoms with E-state index in [4.69, 9.17) is 5.73 Å². The van der Waals surface area contributed by atoms with E-state index in [1.54, 1.807) is 6.92 Å². The number of aliphatic hydroxyl groups is 1. The molecule has 0 bridgehead atoms. The van der Waals surface area contributed by atoms with Gasteiger partial charge in [-0.15, -0.1) is 0 Å². The average molecular weight is 935 g/mol. The smallest absolute Gasteiger partial charge is 0.326 e. The number of amides is 6. The van der Waals surface area contributed by atoms with Crippen molar-refractivity contribution >= 4 is 41.4 Å². The van der Waals surface area contributed by atoms with Gasteiger partial charge in [0, 0.05) is 43.0 Å². The molecule has 3 heterocycles. The lowest BCUT2D eigenvalue weighted by atomic mass is 9.95. The van der Waals surface area contributed by atoms with E-state index in [1.807, 2.05) is 51.1 Å². The molecule has 1 aliphatic rings. The van der Waals surface area contributed by atoms with Crippen LogP contribution in [0, 0.1) is 11.8 Å². The molecule has 0 aliphatic carbocycles. The molecule has 0 saturated carbocycles. The summed E-state index contributed by atoms with van der Waals surface area (Å²) in [6.07, 6.45) is 7.16. The van der Waals surface area contributed by atoms with E-state index >= 15 is 0 Å². The standard InChI is InChI=1S/C46H70N12O9/c1-5-28(4)40(45(65)57-37(21-31-24-49-26-52-31)43(63)53-33(46(66)67)14-9-10-16-47)58-39(60)22-38(59)34(18-27(2)3)54-44(64)36(20-30-23-48-25-51-30)56-42(62)35(19-29-12-7-6-8-13-29)55-41(61)32-15-11-17-50-32/h6-8,12-13,23-28,32-38,40,50,59H,5,9-11,14-22,47H2,1-4H3,(H,48,51)(H,49,52)(H,53,63)(H,54,64)(H,55,61)(H,56,62)(H,57,65)(H,58,60)(H,66,67)/t28-,32-,33-,34?,35-,36-,37-,38?,40-/m0/s1. The topological polar surface area (TPSA) is 328 Å². The van der Waals surface area contributed by atoms with Crippen molar-refractivity contribution < 1.29 is 43.8 Å². The molecule has 2 unspecified atom stereocenters. The fourth-order valence-corrected chi connectivity index (χ4v) is 7.82. The van der Waals surface area contributed by atoms with Crippen molar-refractivity contribution in [2.75, 3.05) is 13.1 Å². The van der Waals surface area contributed by atoms with Gasteiger partial charge in [0.2, 0.25) is 35.4 Å². The van der Waals surface area contributed by atoms with Crippen molar-refractivity contribution in [3.05, 3.63) is 72.3 Å². The maximum absolute atomic E-state index is 14.2. The number of nitrogens with one attached hydrogen (secondary N) is 9. The van der Waals surface area contributed by atoms with E-state index < -0.39 is 96.2 Å². The Labute approximate surface area is 391 Å². The Morgan fingerprint density at radius 1 is 0.761 bits per heavy atom. The first-order chi connectivity index (χ1) is 32.1. The lowest BCUT2D eigenvalue weighted by molar-refractivity contribution is -0.142. The number of aliphatic hydroxyl groups excluding tert-OH is 1. The van der Waals surface area contributed by atoms with Crippen LogP contribution in [0.3, 0.4) is 0 Å². The predicted molar refractivity (Wildman–Crippen MR) is 247 cm³/mol. The Balaban J connectivity index is 1.49. The number of benzene rings is 1. The molecule has 4 rings (SSSR count). The highest BCUT2D eigenvalue weighted by Gasteiger charge is 2.35. The van der Waals surface area contributed by atoms with Gasteiger partial charge in [0.1, 0.15) is 30.2 Å². The molecule has 1 aromatic carbocycles. The van der Waals surface area contributed by atoms with Gasteiger partial charge in [-0.3, -0.25) is 28.8 Å². The fourth-order valence-electron chi connectivity index (χ4n) is 7.82. The number of aliphatic carboxylic acids is 1. The molecular weight excluding hydrogens is 865 g/mol. The number of rotatable bonds is 29. The highest BCUT2D eigenvalue weighted by Crippen LogP contribution is 2.16. The summed E-state index contributed by atoms with van der Waals surface area (Å²) >= 11 is 0. The Bertz CT molecular complexity index is 2010. The maximum atomic E-state index is 14.2. The van der Waals surface area contributed by atoms with Crippen LogP contribution in [0.5, 0.6) is 0 Å². The second-order valence-corrected chi connectivity index (χ2v) is 17.7. The highest BCUT2D eigenvalue weighted by molar-refractivity contribution is 5.95. The van der Waals surface area contributed by atoms with Crippen molar-refractivity contribution in [1.29, 1.82) is 0 Å². The Morgan fingerprint density at radius 3 is 1.87 bits per heavy atom. The fraction of sp³-hybridized carbons (Fsp3) is 0.587. The molecular formula is C46H70N12O9. The zero-order valence-corrected chi connectivity index (χ0v) is 38.9. The summed E-state index contributed by atoms with van der Waals surface area (Å²) in [5.74, 6) is -5.52. The van der Waals surface area contributed by atoms with Crippen molar-refractivity contribution in [2.24, 2.45) is 17.6 Å². The predicted octanol–water partition coefficient (Wildman–Crippen LogP) is -0.122. The van der Waals surface area contributed by atoms with Crippen LogP contribution in [0.1, 0.15) is 96.0 Å². The zero-order valence-electron chi connectivity index (χ0n) is 38.9. The number of carbonyl (C=O) groups is 7. The van der Waals surface area contributed by atoms with Gasteiger partial charge in [0.25, 0.3) is 0 Å². The van der Waals surface area contributed by atoms with Gasteiger partial charge < -0.3 is 63.1 Å². The molecule has 13 N–H and O–H groups in total. The lowest BCUT2D eigenvalue weighted by Crippen LogP contribution is -2.59. The third-order valence-corrected chi connectivity index (χ3v) is 11.8. The van der Waals surface area contributed by atoms with Crippen LogP contribution in [0.25, 0.3) is 0 Å². The van der Waals surface area contributed by atoms with Crippen LogP contribution in [0.4, 0.5) is 0 Å². The Kier molecular flexibility index (Phi) is 21.9. The number of imidazole rings is 2. The van der Waals surface area contributed by atoms with Crippen molar-refractivity contribution in [1.82, 2.24) is 57.2 Å². The molecule has 21 heteroatoms. The summed E-state index contributed by atoms with van der Waals surface area (Å²) < 4.78 is 0. The summed E-state index contributed by atoms with van der Waals surface area (Å²) in [5, 5.41) is 41.0. The number of carbonyl (C=O) groups excluding carboxylic acids is 6. The molecule has 2 aromatic heterocycles. The number of nitrogens with two attached hydrogens (primary N) is 1. The summed E-state index contributed by atoms with van der Waals surface area (Å²) in [6, 6.07) is 1.83. The number of aromatic amines is 2. The van der Waals surface area contributed by atoms with E-state index in [1.165, 1.54) is 25.0 Å². The molecule has 0 radical (unpaired) electrons. The van der Waals surface area contributed by atoms with Gasteiger partial charge in [0.15, 0.2) is 0 Å². The van der Waals surface area contributed by atoms with Crippen LogP contribution in [-0.2, 0) is 52.8 Å². The number of hydrogen-bond acceptors (Lipinski definition) is 12. The van der Waals surface area contributed by atoms with E-state index in [-0.39, 0.29) is 43.9 Å². The maximum Gasteiger partial charge on any atom is 0.326 e. The largest absolute Gasteiger partial charge is 0.480 e. The van der Waals surface area contributed by atoms with Crippen LogP contribution >= 0.6 is 0 Å². The first kappa shape index (κ1) is 53.4. The average Bonchev–Trinajstić information content (AvgIpc) is 4.13. The molecule has 368 valence electrons. The molecule has 1 fully saturated rings. The van der Waals surface area contributed by atoms with Crippen molar-refractivity contribution in [3.63, 3.8) is 0 Å². The van der Waals surface area contributed by atoms with E-state index in [0.717, 1.165) is 12.0 Å². The van der Waals surface area contributed by atoms with E-state index in [2.05, 4.69) is 57.2 Å². The minimum atomic E-state index is -1.45. The molecule has 9 atom stereocenters. The molecule has 1 saturated heterocycles. The van der Waals surface area contributed by atoms with Crippen LogP contribution in [-0.4, -0.2) is 133 Å². The normalized spacial score (nSPS) is 17.1. The summed E-state index contributed by atoms with van der Waals surface area (Å²) in [7, 11) is 0. The Hall–Kier alpha value is -6.19. The molecule has 0 spiro atoms. The number of hydrogen-bond donors (Lipinski definition) is 12. The number of unbranched alkanes of at least 4 members (excludes halogenated alkanes) is 1. The number of H-pyrrole nitrogens is 2. The van der Waals surface area contributed by atoms with Crippen LogP contribution < -0.4 is 43.0 Å². The lowest BCUT2D eigenvalue weighted by Gasteiger charge is -2.30. The van der Waals surface area contributed by atoms with Crippen LogP contribution in [0.2, 0.25) is 0 Å². The first-order valence-electron chi connectivity index (χ1n) is 23.2. The quantitative estimate of drug-likeness (QED) is 0.0405. The van der Waals surface area contributed by atoms with Gasteiger partial charge in [-0.05, 0) is 69.0 Å². The Morgan fingerprint density at radius 2 is 1.34 bits per heavy atom. The number of aromatic nitrogens is 4. The van der Waals surface area contributed by atoms with E-state index in [9.17, 15) is 43.8 Å². The van der Waals surface area contributed by atoms with Gasteiger partial charge in [-0.1, -0.05) is 64.4 Å². The summed E-state index contributed by atoms with van der Waals surface area (Å²) in [5.41, 5.74) is 7.38. The monoisotopic (exact) mass is 935 g/mol. The number of carboxylic acids is 1. The first-order valence-corrected chi connectivity index (χ1v) is 23.2. The summed E-state index contributed by atoms with van der Waals surface area (Å²) in [6.45, 7) is 8.35. The minimum Gasteiger partial charge on any atom is -0.480 e. The molecule has 21 nitrogen and oxygen atoms in total. The van der Waals surface area contributed by atoms with Gasteiger partial charge in [-0.2, -0.15) is 0 Å². The minimum absolute atomic E-state index is 0.0188. The highest BCUT2D eigenvalue weighted by atomic mass is 16.4. The molecule has 1 aliphatic heterocycles. The molecule has 67 heavy (non-hydrogen) atoms. The molecule has 3 aromatic rings. The van der Waals surface area contributed by atoms with Crippen LogP contribution in [0.15, 0.2) is 55.4 Å². The zero-order chi connectivity index (χ0) is 48.9. The van der Waals surface area contributed by atoms with Gasteiger partial charge in [-0.25, -0.2) is 14.8 Å². The van der Waals surface area contributed by atoms with Crippen molar-refractivity contribution in [2.45, 2.75) is 147 Å². The van der Waals surface area contributed by atoms with Gasteiger partial charge in [0.05, 0.1) is 37.3 Å². The van der Waals surface area contributed by atoms with E-state index in [0.29, 0.717) is 50.2 Å². The van der Waals surface area contributed by atoms with Gasteiger partial charge >= 0.3 is 5.97 Å². The number of nitrogens with zero attached hydrogens (tertiary/aromatic N) is 2. The third-order valence-electron chi connectivity index (χ3n) is 11.8.